The Labute approximate surface area is 209 Å². The highest BCUT2D eigenvalue weighted by Gasteiger charge is 2.46. The summed E-state index contributed by atoms with van der Waals surface area (Å²) in [5, 5.41) is 0. The summed E-state index contributed by atoms with van der Waals surface area (Å²) in [7, 11) is 0. The lowest BCUT2D eigenvalue weighted by Crippen LogP contribution is -2.66. The Morgan fingerprint density at radius 1 is 1.17 bits per heavy atom. The van der Waals surface area contributed by atoms with Gasteiger partial charge in [-0.3, -0.25) is 9.80 Å². The SMILES string of the molecule is CC(C)(C)OC(=O)N1C2COCC1CN(c1nc(OCC34CCCN3CCC4)nc3scnc13)C2. The zero-order chi connectivity index (χ0) is 24.2. The van der Waals surface area contributed by atoms with Crippen molar-refractivity contribution in [2.75, 3.05) is 50.9 Å². The molecular formula is C24H34N6O4S. The Kier molecular flexibility index (Phi) is 5.76. The Morgan fingerprint density at radius 2 is 1.89 bits per heavy atom. The quantitative estimate of drug-likeness (QED) is 0.626. The number of hydrogen-bond acceptors (Lipinski definition) is 10. The third kappa shape index (κ3) is 4.31. The number of hydrogen-bond donors (Lipinski definition) is 0. The molecule has 2 atom stereocenters. The molecule has 11 heteroatoms. The molecule has 0 spiro atoms. The number of anilines is 1. The second-order valence-corrected chi connectivity index (χ2v) is 12.0. The third-order valence-electron chi connectivity index (χ3n) is 7.61. The van der Waals surface area contributed by atoms with Crippen LogP contribution in [-0.2, 0) is 9.47 Å². The second-order valence-electron chi connectivity index (χ2n) is 11.2. The first-order valence-corrected chi connectivity index (χ1v) is 13.5. The van der Waals surface area contributed by atoms with Crippen LogP contribution in [0, 0.1) is 0 Å². The van der Waals surface area contributed by atoms with Gasteiger partial charge in [0.25, 0.3) is 0 Å². The van der Waals surface area contributed by atoms with Crippen molar-refractivity contribution < 1.29 is 19.0 Å². The fourth-order valence-electron chi connectivity index (χ4n) is 6.12. The molecule has 2 aromatic rings. The number of thiazole rings is 1. The summed E-state index contributed by atoms with van der Waals surface area (Å²) in [6.45, 7) is 10.8. The Morgan fingerprint density at radius 3 is 2.57 bits per heavy atom. The zero-order valence-electron chi connectivity index (χ0n) is 20.7. The summed E-state index contributed by atoms with van der Waals surface area (Å²) >= 11 is 1.50. The number of morpholine rings is 1. The van der Waals surface area contributed by atoms with Crippen molar-refractivity contribution in [2.24, 2.45) is 0 Å². The number of amides is 1. The zero-order valence-corrected chi connectivity index (χ0v) is 21.6. The summed E-state index contributed by atoms with van der Waals surface area (Å²) in [5.41, 5.74) is 2.19. The van der Waals surface area contributed by atoms with E-state index in [9.17, 15) is 4.79 Å². The third-order valence-corrected chi connectivity index (χ3v) is 8.33. The van der Waals surface area contributed by atoms with Crippen LogP contribution in [0.2, 0.25) is 0 Å². The van der Waals surface area contributed by atoms with E-state index < -0.39 is 5.60 Å². The summed E-state index contributed by atoms with van der Waals surface area (Å²) in [4.78, 5) is 34.6. The van der Waals surface area contributed by atoms with Crippen LogP contribution in [0.4, 0.5) is 10.6 Å². The van der Waals surface area contributed by atoms with E-state index in [0.717, 1.165) is 29.3 Å². The van der Waals surface area contributed by atoms with Crippen LogP contribution in [0.15, 0.2) is 5.51 Å². The van der Waals surface area contributed by atoms with E-state index in [1.165, 1.54) is 37.0 Å². The molecule has 6 rings (SSSR count). The van der Waals surface area contributed by atoms with Gasteiger partial charge in [-0.15, -0.1) is 11.3 Å². The van der Waals surface area contributed by atoms with Crippen molar-refractivity contribution in [3.05, 3.63) is 5.51 Å². The van der Waals surface area contributed by atoms with Gasteiger partial charge < -0.3 is 19.1 Å². The van der Waals surface area contributed by atoms with Gasteiger partial charge in [0.2, 0.25) is 0 Å². The van der Waals surface area contributed by atoms with E-state index >= 15 is 0 Å². The maximum Gasteiger partial charge on any atom is 0.411 e. The Bertz CT molecular complexity index is 1080. The van der Waals surface area contributed by atoms with Crippen LogP contribution in [0.3, 0.4) is 0 Å². The van der Waals surface area contributed by atoms with Crippen molar-refractivity contribution in [2.45, 2.75) is 69.7 Å². The van der Waals surface area contributed by atoms with Gasteiger partial charge >= 0.3 is 12.1 Å². The lowest BCUT2D eigenvalue weighted by molar-refractivity contribution is -0.0665. The van der Waals surface area contributed by atoms with Gasteiger partial charge in [-0.25, -0.2) is 9.78 Å². The van der Waals surface area contributed by atoms with E-state index in [-0.39, 0.29) is 23.7 Å². The first-order valence-electron chi connectivity index (χ1n) is 12.6. The van der Waals surface area contributed by atoms with Crippen molar-refractivity contribution in [1.29, 1.82) is 0 Å². The van der Waals surface area contributed by atoms with E-state index in [4.69, 9.17) is 19.2 Å². The molecule has 4 aliphatic rings. The molecule has 0 aromatic carbocycles. The number of piperazine rings is 1. The number of carbonyl (C=O) groups excluding carboxylic acids is 1. The molecule has 0 saturated carbocycles. The van der Waals surface area contributed by atoms with Crippen molar-refractivity contribution in [1.82, 2.24) is 24.8 Å². The molecule has 0 radical (unpaired) electrons. The molecule has 2 aromatic heterocycles. The van der Waals surface area contributed by atoms with E-state index in [2.05, 4.69) is 19.8 Å². The summed E-state index contributed by atoms with van der Waals surface area (Å²) in [6, 6.07) is 0.186. The average Bonchev–Trinajstić information content (AvgIpc) is 3.50. The summed E-state index contributed by atoms with van der Waals surface area (Å²) < 4.78 is 17.8. The average molecular weight is 503 g/mol. The number of ether oxygens (including phenoxy) is 3. The normalized spacial score (nSPS) is 26.3. The lowest BCUT2D eigenvalue weighted by Gasteiger charge is -2.49. The van der Waals surface area contributed by atoms with Crippen LogP contribution in [-0.4, -0.2) is 100 Å². The van der Waals surface area contributed by atoms with Gasteiger partial charge in [0.05, 0.1) is 36.3 Å². The molecule has 4 aliphatic heterocycles. The lowest BCUT2D eigenvalue weighted by atomic mass is 9.95. The van der Waals surface area contributed by atoms with Crippen molar-refractivity contribution in [3.63, 3.8) is 0 Å². The standard InChI is InChI=1S/C24H34N6O4S/c1-23(2,3)34-22(31)30-16-10-28(11-17(30)13-32-12-16)19-18-20(35-15-25-18)27-21(26-19)33-14-24-6-4-8-29(24)9-5-7-24/h15-17H,4-14H2,1-3H3. The first-order chi connectivity index (χ1) is 16.8. The second kappa shape index (κ2) is 8.70. The molecule has 2 unspecified atom stereocenters. The van der Waals surface area contributed by atoms with Gasteiger partial charge in [0, 0.05) is 13.1 Å². The predicted octanol–water partition coefficient (Wildman–Crippen LogP) is 2.92. The highest BCUT2D eigenvalue weighted by molar-refractivity contribution is 7.16. The molecule has 6 heterocycles. The molecular weight excluding hydrogens is 468 g/mol. The van der Waals surface area contributed by atoms with Crippen LogP contribution >= 0.6 is 11.3 Å². The number of nitrogens with zero attached hydrogens (tertiary/aromatic N) is 6. The first kappa shape index (κ1) is 23.2. The fraction of sp³-hybridized carbons (Fsp3) is 0.750. The molecule has 10 nitrogen and oxygen atoms in total. The minimum absolute atomic E-state index is 0.116. The van der Waals surface area contributed by atoms with Gasteiger partial charge in [-0.05, 0) is 59.5 Å². The summed E-state index contributed by atoms with van der Waals surface area (Å²) in [6.07, 6.45) is 4.54. The highest BCUT2D eigenvalue weighted by Crippen LogP contribution is 2.39. The van der Waals surface area contributed by atoms with Crippen molar-refractivity contribution in [3.8, 4) is 6.01 Å². The Hall–Kier alpha value is -2.24. The number of carbonyl (C=O) groups is 1. The monoisotopic (exact) mass is 502 g/mol. The molecule has 0 N–H and O–H groups in total. The Balaban J connectivity index is 1.24. The minimum atomic E-state index is -0.539. The molecule has 4 saturated heterocycles. The summed E-state index contributed by atoms with van der Waals surface area (Å²) in [5.74, 6) is 0.777. The minimum Gasteiger partial charge on any atom is -0.461 e. The van der Waals surface area contributed by atoms with Crippen LogP contribution in [0.1, 0.15) is 46.5 Å². The highest BCUT2D eigenvalue weighted by atomic mass is 32.1. The van der Waals surface area contributed by atoms with Crippen LogP contribution in [0.5, 0.6) is 6.01 Å². The maximum absolute atomic E-state index is 13.0. The number of fused-ring (bicyclic) bond motifs is 4. The smallest absolute Gasteiger partial charge is 0.411 e. The molecule has 35 heavy (non-hydrogen) atoms. The van der Waals surface area contributed by atoms with Gasteiger partial charge in [-0.1, -0.05) is 0 Å². The van der Waals surface area contributed by atoms with E-state index in [0.29, 0.717) is 38.9 Å². The predicted molar refractivity (Wildman–Crippen MR) is 132 cm³/mol. The van der Waals surface area contributed by atoms with E-state index in [1.807, 2.05) is 31.2 Å². The van der Waals surface area contributed by atoms with Crippen LogP contribution < -0.4 is 9.64 Å². The molecule has 1 amide bonds. The van der Waals surface area contributed by atoms with Crippen LogP contribution in [0.25, 0.3) is 10.3 Å². The molecule has 2 bridgehead atoms. The van der Waals surface area contributed by atoms with Crippen molar-refractivity contribution >= 4 is 33.6 Å². The molecule has 190 valence electrons. The van der Waals surface area contributed by atoms with E-state index in [1.54, 1.807) is 0 Å². The molecule has 4 fully saturated rings. The number of rotatable bonds is 4. The number of aromatic nitrogens is 3. The van der Waals surface area contributed by atoms with Gasteiger partial charge in [0.1, 0.15) is 17.7 Å². The van der Waals surface area contributed by atoms with Gasteiger partial charge in [-0.2, -0.15) is 9.97 Å². The van der Waals surface area contributed by atoms with Gasteiger partial charge in [0.15, 0.2) is 10.6 Å². The largest absolute Gasteiger partial charge is 0.461 e. The molecule has 0 aliphatic carbocycles. The fourth-order valence-corrected chi connectivity index (χ4v) is 6.77. The maximum atomic E-state index is 13.0. The topological polar surface area (TPSA) is 93.1 Å².